The number of aromatic nitrogens is 3. The molecule has 6 nitrogen and oxygen atoms in total. The predicted octanol–water partition coefficient (Wildman–Crippen LogP) is 1.55. The standard InChI is InChI=1S/C13H17N5O/c1-9(2)14-7-10-3-5-11(6-4-10)16-13(19)12-8-15-18-17-12/h3-6,8-9,14H,7H2,1-2H3,(H,16,19)(H,15,17,18). The number of anilines is 1. The average Bonchev–Trinajstić information content (AvgIpc) is 2.92. The van der Waals surface area contributed by atoms with Crippen LogP contribution in [-0.2, 0) is 6.54 Å². The van der Waals surface area contributed by atoms with E-state index in [9.17, 15) is 4.79 Å². The molecular weight excluding hydrogens is 242 g/mol. The summed E-state index contributed by atoms with van der Waals surface area (Å²) in [4.78, 5) is 11.7. The van der Waals surface area contributed by atoms with Crippen LogP contribution in [0.15, 0.2) is 30.5 Å². The Labute approximate surface area is 111 Å². The van der Waals surface area contributed by atoms with E-state index in [1.165, 1.54) is 11.8 Å². The number of hydrogen-bond donors (Lipinski definition) is 3. The largest absolute Gasteiger partial charge is 0.321 e. The van der Waals surface area contributed by atoms with Gasteiger partial charge in [0.05, 0.1) is 6.20 Å². The van der Waals surface area contributed by atoms with Crippen molar-refractivity contribution in [2.45, 2.75) is 26.4 Å². The zero-order valence-electron chi connectivity index (χ0n) is 11.0. The van der Waals surface area contributed by atoms with Crippen LogP contribution in [0.25, 0.3) is 0 Å². The Morgan fingerprint density at radius 3 is 2.63 bits per heavy atom. The van der Waals surface area contributed by atoms with Crippen LogP contribution in [0.3, 0.4) is 0 Å². The Hall–Kier alpha value is -2.21. The van der Waals surface area contributed by atoms with Crippen LogP contribution >= 0.6 is 0 Å². The van der Waals surface area contributed by atoms with Crippen molar-refractivity contribution in [2.24, 2.45) is 0 Å². The normalized spacial score (nSPS) is 10.7. The van der Waals surface area contributed by atoms with Gasteiger partial charge in [-0.2, -0.15) is 15.4 Å². The molecule has 0 spiro atoms. The summed E-state index contributed by atoms with van der Waals surface area (Å²) in [6, 6.07) is 8.15. The molecule has 2 aromatic rings. The third kappa shape index (κ3) is 3.89. The molecule has 0 unspecified atom stereocenters. The van der Waals surface area contributed by atoms with Gasteiger partial charge in [-0.3, -0.25) is 4.79 Å². The fourth-order valence-electron chi connectivity index (χ4n) is 1.53. The monoisotopic (exact) mass is 259 g/mol. The van der Waals surface area contributed by atoms with E-state index in [0.717, 1.165) is 12.2 Å². The first-order chi connectivity index (χ1) is 9.15. The summed E-state index contributed by atoms with van der Waals surface area (Å²) in [6.07, 6.45) is 1.39. The fraction of sp³-hybridized carbons (Fsp3) is 0.308. The van der Waals surface area contributed by atoms with Gasteiger partial charge in [-0.25, -0.2) is 0 Å². The molecule has 0 fully saturated rings. The second-order valence-electron chi connectivity index (χ2n) is 4.54. The molecule has 19 heavy (non-hydrogen) atoms. The molecule has 6 heteroatoms. The fourth-order valence-corrected chi connectivity index (χ4v) is 1.53. The quantitative estimate of drug-likeness (QED) is 0.761. The molecule has 0 bridgehead atoms. The third-order valence-corrected chi connectivity index (χ3v) is 2.57. The molecule has 2 rings (SSSR count). The van der Waals surface area contributed by atoms with Crippen LogP contribution in [0.1, 0.15) is 29.9 Å². The van der Waals surface area contributed by atoms with E-state index >= 15 is 0 Å². The number of H-pyrrole nitrogens is 1. The molecule has 1 aromatic heterocycles. The van der Waals surface area contributed by atoms with Crippen LogP contribution in [0.2, 0.25) is 0 Å². The summed E-state index contributed by atoms with van der Waals surface area (Å²) in [6.45, 7) is 5.02. The van der Waals surface area contributed by atoms with Gasteiger partial charge in [-0.05, 0) is 17.7 Å². The van der Waals surface area contributed by atoms with E-state index < -0.39 is 0 Å². The highest BCUT2D eigenvalue weighted by Crippen LogP contribution is 2.10. The van der Waals surface area contributed by atoms with Crippen molar-refractivity contribution in [3.63, 3.8) is 0 Å². The molecule has 0 radical (unpaired) electrons. The molecule has 3 N–H and O–H groups in total. The molecule has 0 saturated heterocycles. The highest BCUT2D eigenvalue weighted by Gasteiger charge is 2.08. The van der Waals surface area contributed by atoms with Gasteiger partial charge in [0.25, 0.3) is 5.91 Å². The van der Waals surface area contributed by atoms with E-state index in [1.54, 1.807) is 0 Å². The summed E-state index contributed by atoms with van der Waals surface area (Å²) < 4.78 is 0. The van der Waals surface area contributed by atoms with Crippen LogP contribution in [0.5, 0.6) is 0 Å². The lowest BCUT2D eigenvalue weighted by atomic mass is 10.2. The van der Waals surface area contributed by atoms with Crippen LogP contribution in [0, 0.1) is 0 Å². The molecule has 100 valence electrons. The van der Waals surface area contributed by atoms with Gasteiger partial charge in [0.15, 0.2) is 5.69 Å². The van der Waals surface area contributed by atoms with Crippen LogP contribution < -0.4 is 10.6 Å². The van der Waals surface area contributed by atoms with Gasteiger partial charge in [-0.1, -0.05) is 26.0 Å². The Bertz CT molecular complexity index is 518. The zero-order valence-corrected chi connectivity index (χ0v) is 11.0. The first kappa shape index (κ1) is 13.2. The highest BCUT2D eigenvalue weighted by atomic mass is 16.2. The minimum Gasteiger partial charge on any atom is -0.321 e. The Kier molecular flexibility index (Phi) is 4.25. The maximum absolute atomic E-state index is 11.7. The van der Waals surface area contributed by atoms with E-state index in [0.29, 0.717) is 6.04 Å². The smallest absolute Gasteiger partial charge is 0.277 e. The average molecular weight is 259 g/mol. The molecule has 0 atom stereocenters. The van der Waals surface area contributed by atoms with Crippen molar-refractivity contribution in [2.75, 3.05) is 5.32 Å². The lowest BCUT2D eigenvalue weighted by molar-refractivity contribution is 0.102. The maximum atomic E-state index is 11.7. The van der Waals surface area contributed by atoms with Crippen molar-refractivity contribution >= 4 is 11.6 Å². The van der Waals surface area contributed by atoms with E-state index in [2.05, 4.69) is 39.9 Å². The number of aromatic amines is 1. The molecule has 1 aromatic carbocycles. The number of carbonyl (C=O) groups is 1. The zero-order chi connectivity index (χ0) is 13.7. The van der Waals surface area contributed by atoms with Crippen molar-refractivity contribution in [1.82, 2.24) is 20.7 Å². The maximum Gasteiger partial charge on any atom is 0.277 e. The Balaban J connectivity index is 1.93. The number of carbonyl (C=O) groups excluding carboxylic acids is 1. The lowest BCUT2D eigenvalue weighted by Crippen LogP contribution is -2.21. The van der Waals surface area contributed by atoms with Crippen LogP contribution in [-0.4, -0.2) is 27.4 Å². The molecule has 0 aliphatic carbocycles. The SMILES string of the molecule is CC(C)NCc1ccc(NC(=O)c2cn[nH]n2)cc1. The molecule has 1 heterocycles. The predicted molar refractivity (Wildman–Crippen MR) is 72.8 cm³/mol. The first-order valence-electron chi connectivity index (χ1n) is 6.14. The second-order valence-corrected chi connectivity index (χ2v) is 4.54. The van der Waals surface area contributed by atoms with Gasteiger partial charge >= 0.3 is 0 Å². The number of amides is 1. The summed E-state index contributed by atoms with van der Waals surface area (Å²) in [5.74, 6) is -0.276. The summed E-state index contributed by atoms with van der Waals surface area (Å²) in [7, 11) is 0. The third-order valence-electron chi connectivity index (χ3n) is 2.57. The van der Waals surface area contributed by atoms with E-state index in [-0.39, 0.29) is 11.6 Å². The molecule has 1 amide bonds. The number of rotatable bonds is 5. The molecule has 0 aliphatic rings. The molecular formula is C13H17N5O. The second kappa shape index (κ2) is 6.10. The highest BCUT2D eigenvalue weighted by molar-refractivity contribution is 6.02. The Morgan fingerprint density at radius 1 is 1.32 bits per heavy atom. The number of hydrogen-bond acceptors (Lipinski definition) is 4. The Morgan fingerprint density at radius 2 is 2.05 bits per heavy atom. The number of nitrogens with zero attached hydrogens (tertiary/aromatic N) is 2. The minimum absolute atomic E-state index is 0.269. The van der Waals surface area contributed by atoms with Gasteiger partial charge < -0.3 is 10.6 Å². The van der Waals surface area contributed by atoms with Crippen molar-refractivity contribution < 1.29 is 4.79 Å². The van der Waals surface area contributed by atoms with Gasteiger partial charge in [0, 0.05) is 18.3 Å². The van der Waals surface area contributed by atoms with E-state index in [1.807, 2.05) is 24.3 Å². The molecule has 0 saturated carbocycles. The topological polar surface area (TPSA) is 82.7 Å². The molecule has 0 aliphatic heterocycles. The number of benzene rings is 1. The van der Waals surface area contributed by atoms with Gasteiger partial charge in [0.2, 0.25) is 0 Å². The van der Waals surface area contributed by atoms with Crippen molar-refractivity contribution in [3.05, 3.63) is 41.7 Å². The van der Waals surface area contributed by atoms with Gasteiger partial charge in [0.1, 0.15) is 0 Å². The summed E-state index contributed by atoms with van der Waals surface area (Å²) >= 11 is 0. The number of nitrogens with one attached hydrogen (secondary N) is 3. The van der Waals surface area contributed by atoms with Crippen molar-refractivity contribution in [3.8, 4) is 0 Å². The van der Waals surface area contributed by atoms with Gasteiger partial charge in [-0.15, -0.1) is 0 Å². The minimum atomic E-state index is -0.276. The summed E-state index contributed by atoms with van der Waals surface area (Å²) in [5.41, 5.74) is 2.18. The summed E-state index contributed by atoms with van der Waals surface area (Å²) in [5, 5.41) is 15.8. The van der Waals surface area contributed by atoms with E-state index in [4.69, 9.17) is 0 Å². The van der Waals surface area contributed by atoms with Crippen molar-refractivity contribution in [1.29, 1.82) is 0 Å². The first-order valence-corrected chi connectivity index (χ1v) is 6.14. The van der Waals surface area contributed by atoms with Crippen LogP contribution in [0.4, 0.5) is 5.69 Å². The lowest BCUT2D eigenvalue weighted by Gasteiger charge is -2.09.